The van der Waals surface area contributed by atoms with Gasteiger partial charge in [-0.05, 0) is 0 Å². The van der Waals surface area contributed by atoms with Crippen LogP contribution >= 0.6 is 0 Å². The molecule has 4 aromatic rings. The average Bonchev–Trinajstić information content (AvgIpc) is 3.63. The van der Waals surface area contributed by atoms with Crippen LogP contribution < -0.4 is 0 Å². The molecule has 4 aromatic carbocycles. The second-order valence-corrected chi connectivity index (χ2v) is 26.2. The first-order valence-electron chi connectivity index (χ1n) is 20.8. The van der Waals surface area contributed by atoms with Crippen LogP contribution in [0.25, 0.3) is 11.1 Å². The van der Waals surface area contributed by atoms with Crippen LogP contribution in [0.4, 0.5) is 0 Å². The standard InChI is InChI=1S/C21H25.C16H21.C15H14.Zr/c1-20(2,3)16-7-9-18-14(12-16)11-15-13-17(21(4,5)6)8-10-19(15)18;1-10-2-3-13(4-10)16-14-6-11-5-12(8-14)9-15(16)7-11;1-12-3-7-14(8-4-12)11-15-9-5-13(2)6-10-15;/h7-13H,1-6H3;3-4,10-12,14-16H,5-9H2,1H3;3-10H,1-2H3;. The third-order valence-corrected chi connectivity index (χ3v) is 22.9. The van der Waals surface area contributed by atoms with Crippen LogP contribution in [0, 0.1) is 49.4 Å². The van der Waals surface area contributed by atoms with E-state index in [0.29, 0.717) is 9.54 Å². The zero-order valence-corrected chi connectivity index (χ0v) is 36.3. The van der Waals surface area contributed by atoms with Crippen molar-refractivity contribution in [2.24, 2.45) is 35.5 Å². The van der Waals surface area contributed by atoms with Gasteiger partial charge in [0, 0.05) is 0 Å². The maximum atomic E-state index is 2.87. The summed E-state index contributed by atoms with van der Waals surface area (Å²) in [5.41, 5.74) is 16.5. The Morgan fingerprint density at radius 3 is 1.47 bits per heavy atom. The molecule has 6 aliphatic carbocycles. The van der Waals surface area contributed by atoms with Crippen LogP contribution in [-0.2, 0) is 32.1 Å². The predicted octanol–water partition coefficient (Wildman–Crippen LogP) is 13.4. The number of aryl methyl sites for hydroxylation is 2. The molecule has 272 valence electrons. The number of rotatable bonds is 5. The molecule has 1 heteroatoms. The third-order valence-electron chi connectivity index (χ3n) is 14.2. The minimum absolute atomic E-state index is 0.0863. The number of fused-ring (bicyclic) bond motifs is 3. The van der Waals surface area contributed by atoms with Gasteiger partial charge >= 0.3 is 330 Å². The van der Waals surface area contributed by atoms with Gasteiger partial charge in [0.05, 0.1) is 0 Å². The fourth-order valence-electron chi connectivity index (χ4n) is 11.6. The van der Waals surface area contributed by atoms with Crippen LogP contribution in [0.2, 0.25) is 0 Å². The zero-order chi connectivity index (χ0) is 37.0. The van der Waals surface area contributed by atoms with E-state index in [0.717, 1.165) is 29.6 Å². The fraction of sp³-hybridized carbons (Fsp3) is 0.442. The van der Waals surface area contributed by atoms with Crippen LogP contribution in [0.3, 0.4) is 0 Å². The van der Waals surface area contributed by atoms with Gasteiger partial charge in [-0.3, -0.25) is 0 Å². The molecule has 4 saturated carbocycles. The predicted molar refractivity (Wildman–Crippen MR) is 223 cm³/mol. The first-order chi connectivity index (χ1) is 25.2. The SMILES string of the molecule is Cc1ccc([C](c2ccc(C)cc2)=[Zr]([C]2=CC(C3C4CC5CC(C4)CC3C5)=CC2C)[CH]2c3cc(C(C)(C)C)ccc3-c3ccc(C(C)(C)C)cc32)cc1. The Bertz CT molecular complexity index is 2030. The molecule has 0 heterocycles. The molecule has 0 radical (unpaired) electrons. The summed E-state index contributed by atoms with van der Waals surface area (Å²) in [6, 6.07) is 34.5. The summed E-state index contributed by atoms with van der Waals surface area (Å²) < 4.78 is 3.90. The van der Waals surface area contributed by atoms with E-state index in [4.69, 9.17) is 0 Å². The van der Waals surface area contributed by atoms with Crippen molar-refractivity contribution in [3.63, 3.8) is 0 Å². The average molecular weight is 776 g/mol. The first kappa shape index (κ1) is 35.8. The van der Waals surface area contributed by atoms with Crippen molar-refractivity contribution in [2.45, 2.75) is 109 Å². The van der Waals surface area contributed by atoms with Crippen molar-refractivity contribution in [1.29, 1.82) is 0 Å². The van der Waals surface area contributed by atoms with Crippen molar-refractivity contribution in [2.75, 3.05) is 0 Å². The second kappa shape index (κ2) is 13.1. The Morgan fingerprint density at radius 2 is 1.04 bits per heavy atom. The summed E-state index contributed by atoms with van der Waals surface area (Å²) in [6.45, 7) is 21.4. The van der Waals surface area contributed by atoms with E-state index < -0.39 is 21.3 Å². The van der Waals surface area contributed by atoms with E-state index in [-0.39, 0.29) is 10.8 Å². The van der Waals surface area contributed by atoms with Crippen molar-refractivity contribution < 1.29 is 21.3 Å². The Labute approximate surface area is 328 Å². The molecule has 0 N–H and O–H groups in total. The Balaban J connectivity index is 1.34. The summed E-state index contributed by atoms with van der Waals surface area (Å²) >= 11 is -2.94. The summed E-state index contributed by atoms with van der Waals surface area (Å²) in [7, 11) is 0. The van der Waals surface area contributed by atoms with Gasteiger partial charge in [-0.1, -0.05) is 0 Å². The van der Waals surface area contributed by atoms with Gasteiger partial charge < -0.3 is 0 Å². The molecule has 1 atom stereocenters. The summed E-state index contributed by atoms with van der Waals surface area (Å²) in [6.07, 6.45) is 13.1. The van der Waals surface area contributed by atoms with Gasteiger partial charge in [0.15, 0.2) is 0 Å². The van der Waals surface area contributed by atoms with Crippen LogP contribution in [0.5, 0.6) is 0 Å². The normalized spacial score (nSPS) is 26.0. The number of benzene rings is 4. The molecule has 0 amide bonds. The Kier molecular flexibility index (Phi) is 8.86. The van der Waals surface area contributed by atoms with E-state index in [1.165, 1.54) is 76.6 Å². The van der Waals surface area contributed by atoms with E-state index in [2.05, 4.69) is 159 Å². The third kappa shape index (κ3) is 6.34. The molecule has 0 aromatic heterocycles. The Morgan fingerprint density at radius 1 is 0.585 bits per heavy atom. The summed E-state index contributed by atoms with van der Waals surface area (Å²) in [5.74, 6) is 5.07. The summed E-state index contributed by atoms with van der Waals surface area (Å²) in [5, 5.41) is 0. The quantitative estimate of drug-likeness (QED) is 0.189. The first-order valence-corrected chi connectivity index (χ1v) is 24.7. The molecular weight excluding hydrogens is 716 g/mol. The maximum absolute atomic E-state index is 2.94. The van der Waals surface area contributed by atoms with Gasteiger partial charge in [-0.2, -0.15) is 0 Å². The molecule has 10 rings (SSSR count). The number of allylic oxidation sites excluding steroid dienone is 4. The molecule has 1 unspecified atom stereocenters. The minimum atomic E-state index is -2.94. The van der Waals surface area contributed by atoms with Gasteiger partial charge in [-0.15, -0.1) is 0 Å². The van der Waals surface area contributed by atoms with Gasteiger partial charge in [-0.25, -0.2) is 0 Å². The fourth-order valence-corrected chi connectivity index (χ4v) is 21.1. The van der Waals surface area contributed by atoms with E-state index in [1.54, 1.807) is 19.9 Å². The van der Waals surface area contributed by atoms with Crippen LogP contribution in [0.15, 0.2) is 106 Å². The number of hydrogen-bond acceptors (Lipinski definition) is 0. The molecule has 6 aliphatic rings. The molecule has 4 bridgehead atoms. The zero-order valence-electron chi connectivity index (χ0n) is 33.8. The van der Waals surface area contributed by atoms with E-state index in [9.17, 15) is 0 Å². The molecule has 0 spiro atoms. The van der Waals surface area contributed by atoms with Crippen LogP contribution in [0.1, 0.15) is 129 Å². The van der Waals surface area contributed by atoms with Gasteiger partial charge in [0.1, 0.15) is 0 Å². The molecule has 0 nitrogen and oxygen atoms in total. The van der Waals surface area contributed by atoms with Crippen molar-refractivity contribution in [3.05, 3.63) is 150 Å². The molecule has 53 heavy (non-hydrogen) atoms. The Hall–Kier alpha value is -2.89. The number of hydrogen-bond donors (Lipinski definition) is 0. The molecular formula is C52H60Zr. The second-order valence-electron chi connectivity index (χ2n) is 20.1. The van der Waals surface area contributed by atoms with Crippen molar-refractivity contribution in [1.82, 2.24) is 0 Å². The van der Waals surface area contributed by atoms with Crippen molar-refractivity contribution in [3.8, 4) is 11.1 Å². The van der Waals surface area contributed by atoms with Crippen molar-refractivity contribution >= 4 is 3.21 Å². The monoisotopic (exact) mass is 774 g/mol. The summed E-state index contributed by atoms with van der Waals surface area (Å²) in [4.78, 5) is 0. The van der Waals surface area contributed by atoms with Gasteiger partial charge in [0.25, 0.3) is 0 Å². The topological polar surface area (TPSA) is 0 Å². The van der Waals surface area contributed by atoms with E-state index in [1.807, 2.05) is 3.28 Å². The van der Waals surface area contributed by atoms with Gasteiger partial charge in [0.2, 0.25) is 0 Å². The molecule has 0 saturated heterocycles. The molecule has 0 aliphatic heterocycles. The molecule has 4 fully saturated rings. The van der Waals surface area contributed by atoms with E-state index >= 15 is 0 Å². The van der Waals surface area contributed by atoms with Crippen LogP contribution in [-0.4, -0.2) is 3.21 Å².